The second-order valence-electron chi connectivity index (χ2n) is 3.69. The Labute approximate surface area is 91.4 Å². The van der Waals surface area contributed by atoms with E-state index >= 15 is 0 Å². The number of nitrogens with one attached hydrogen (secondary N) is 1. The molecule has 0 spiro atoms. The highest BCUT2D eigenvalue weighted by molar-refractivity contribution is 4.82. The molecule has 84 valence electrons. The summed E-state index contributed by atoms with van der Waals surface area (Å²) in [5, 5.41) is 7.67. The maximum atomic E-state index is 4.22. The first kappa shape index (κ1) is 11.9. The van der Waals surface area contributed by atoms with Gasteiger partial charge in [-0.25, -0.2) is 4.98 Å². The normalized spacial score (nSPS) is 12.7. The SMILES string of the molecule is C=CCCC(CC)NCc1ncn(C)n1. The summed E-state index contributed by atoms with van der Waals surface area (Å²) in [6.07, 6.45) is 7.00. The zero-order valence-corrected chi connectivity index (χ0v) is 9.61. The van der Waals surface area contributed by atoms with Crippen LogP contribution in [0.25, 0.3) is 0 Å². The molecular weight excluding hydrogens is 188 g/mol. The fraction of sp³-hybridized carbons (Fsp3) is 0.636. The Bertz CT molecular complexity index is 293. The van der Waals surface area contributed by atoms with E-state index in [1.807, 2.05) is 13.1 Å². The molecule has 0 aliphatic rings. The Balaban J connectivity index is 2.30. The summed E-state index contributed by atoms with van der Waals surface area (Å²) in [5.41, 5.74) is 0. The average Bonchev–Trinajstić information content (AvgIpc) is 2.65. The van der Waals surface area contributed by atoms with Gasteiger partial charge < -0.3 is 5.32 Å². The molecule has 0 amide bonds. The average molecular weight is 208 g/mol. The van der Waals surface area contributed by atoms with Crippen molar-refractivity contribution in [3.05, 3.63) is 24.8 Å². The minimum atomic E-state index is 0.534. The highest BCUT2D eigenvalue weighted by Gasteiger charge is 2.05. The molecule has 0 fully saturated rings. The number of rotatable bonds is 7. The molecule has 0 saturated heterocycles. The van der Waals surface area contributed by atoms with Crippen molar-refractivity contribution >= 4 is 0 Å². The number of hydrogen-bond acceptors (Lipinski definition) is 3. The van der Waals surface area contributed by atoms with Crippen LogP contribution in [0.2, 0.25) is 0 Å². The molecule has 0 aromatic carbocycles. The lowest BCUT2D eigenvalue weighted by atomic mass is 10.1. The Morgan fingerprint density at radius 1 is 1.67 bits per heavy atom. The van der Waals surface area contributed by atoms with Gasteiger partial charge in [0, 0.05) is 13.1 Å². The molecule has 0 aliphatic carbocycles. The molecule has 4 heteroatoms. The lowest BCUT2D eigenvalue weighted by Gasteiger charge is -2.14. The lowest BCUT2D eigenvalue weighted by Crippen LogP contribution is -2.28. The van der Waals surface area contributed by atoms with E-state index < -0.39 is 0 Å². The highest BCUT2D eigenvalue weighted by Crippen LogP contribution is 2.02. The van der Waals surface area contributed by atoms with Crippen molar-refractivity contribution in [3.8, 4) is 0 Å². The summed E-state index contributed by atoms with van der Waals surface area (Å²) in [6, 6.07) is 0.534. The Morgan fingerprint density at radius 2 is 2.47 bits per heavy atom. The monoisotopic (exact) mass is 208 g/mol. The summed E-state index contributed by atoms with van der Waals surface area (Å²) in [5.74, 6) is 0.856. The summed E-state index contributed by atoms with van der Waals surface area (Å²) in [6.45, 7) is 6.67. The van der Waals surface area contributed by atoms with E-state index in [1.54, 1.807) is 11.0 Å². The first-order valence-corrected chi connectivity index (χ1v) is 5.45. The summed E-state index contributed by atoms with van der Waals surface area (Å²) < 4.78 is 1.72. The van der Waals surface area contributed by atoms with Gasteiger partial charge in [-0.3, -0.25) is 4.68 Å². The number of hydrogen-bond donors (Lipinski definition) is 1. The van der Waals surface area contributed by atoms with Crippen LogP contribution in [0.1, 0.15) is 32.0 Å². The molecule has 15 heavy (non-hydrogen) atoms. The van der Waals surface area contributed by atoms with Crippen LogP contribution >= 0.6 is 0 Å². The molecule has 1 heterocycles. The van der Waals surface area contributed by atoms with E-state index in [2.05, 4.69) is 28.9 Å². The minimum absolute atomic E-state index is 0.534. The van der Waals surface area contributed by atoms with Crippen molar-refractivity contribution in [3.63, 3.8) is 0 Å². The second-order valence-corrected chi connectivity index (χ2v) is 3.69. The van der Waals surface area contributed by atoms with E-state index in [-0.39, 0.29) is 0 Å². The summed E-state index contributed by atoms with van der Waals surface area (Å²) in [4.78, 5) is 4.17. The van der Waals surface area contributed by atoms with E-state index in [1.165, 1.54) is 0 Å². The van der Waals surface area contributed by atoms with Gasteiger partial charge in [0.15, 0.2) is 5.82 Å². The maximum Gasteiger partial charge on any atom is 0.164 e. The standard InChI is InChI=1S/C11H20N4/c1-4-6-7-10(5-2)12-8-11-13-9-15(3)14-11/h4,9-10,12H,1,5-8H2,2-3H3. The minimum Gasteiger partial charge on any atom is -0.307 e. The third-order valence-electron chi connectivity index (χ3n) is 2.41. The quantitative estimate of drug-likeness (QED) is 0.693. The van der Waals surface area contributed by atoms with E-state index in [4.69, 9.17) is 0 Å². The van der Waals surface area contributed by atoms with E-state index in [9.17, 15) is 0 Å². The topological polar surface area (TPSA) is 42.7 Å². The lowest BCUT2D eigenvalue weighted by molar-refractivity contribution is 0.462. The van der Waals surface area contributed by atoms with Crippen LogP contribution in [-0.2, 0) is 13.6 Å². The van der Waals surface area contributed by atoms with Gasteiger partial charge in [-0.15, -0.1) is 6.58 Å². The largest absolute Gasteiger partial charge is 0.307 e. The van der Waals surface area contributed by atoms with Crippen molar-refractivity contribution in [1.29, 1.82) is 0 Å². The van der Waals surface area contributed by atoms with Crippen LogP contribution in [0.5, 0.6) is 0 Å². The molecule has 1 aromatic heterocycles. The van der Waals surface area contributed by atoms with Gasteiger partial charge in [-0.05, 0) is 19.3 Å². The molecule has 1 unspecified atom stereocenters. The predicted octanol–water partition coefficient (Wildman–Crippen LogP) is 1.65. The maximum absolute atomic E-state index is 4.22. The predicted molar refractivity (Wildman–Crippen MR) is 61.4 cm³/mol. The molecule has 0 bridgehead atoms. The Morgan fingerprint density at radius 3 is 3.00 bits per heavy atom. The fourth-order valence-electron chi connectivity index (χ4n) is 1.47. The highest BCUT2D eigenvalue weighted by atomic mass is 15.3. The van der Waals surface area contributed by atoms with Gasteiger partial charge in [0.25, 0.3) is 0 Å². The molecular formula is C11H20N4. The van der Waals surface area contributed by atoms with Crippen molar-refractivity contribution < 1.29 is 0 Å². The summed E-state index contributed by atoms with van der Waals surface area (Å²) >= 11 is 0. The number of aromatic nitrogens is 3. The smallest absolute Gasteiger partial charge is 0.164 e. The number of allylic oxidation sites excluding steroid dienone is 1. The summed E-state index contributed by atoms with van der Waals surface area (Å²) in [7, 11) is 1.88. The Kier molecular flexibility index (Phi) is 5.04. The zero-order chi connectivity index (χ0) is 11.1. The molecule has 4 nitrogen and oxygen atoms in total. The van der Waals surface area contributed by atoms with Gasteiger partial charge >= 0.3 is 0 Å². The molecule has 0 saturated carbocycles. The van der Waals surface area contributed by atoms with Crippen LogP contribution in [-0.4, -0.2) is 20.8 Å². The molecule has 1 rings (SSSR count). The van der Waals surface area contributed by atoms with Gasteiger partial charge in [-0.2, -0.15) is 5.10 Å². The number of aryl methyl sites for hydroxylation is 1. The molecule has 0 aliphatic heterocycles. The Hall–Kier alpha value is -1.16. The van der Waals surface area contributed by atoms with E-state index in [0.29, 0.717) is 6.04 Å². The van der Waals surface area contributed by atoms with Gasteiger partial charge in [0.2, 0.25) is 0 Å². The van der Waals surface area contributed by atoms with Crippen LogP contribution in [0.4, 0.5) is 0 Å². The van der Waals surface area contributed by atoms with Crippen LogP contribution in [0.3, 0.4) is 0 Å². The third-order valence-corrected chi connectivity index (χ3v) is 2.41. The van der Waals surface area contributed by atoms with E-state index in [0.717, 1.165) is 31.6 Å². The third kappa shape index (κ3) is 4.25. The van der Waals surface area contributed by atoms with Crippen molar-refractivity contribution in [2.45, 2.75) is 38.8 Å². The van der Waals surface area contributed by atoms with Crippen molar-refractivity contribution in [2.75, 3.05) is 0 Å². The van der Waals surface area contributed by atoms with Crippen LogP contribution < -0.4 is 5.32 Å². The van der Waals surface area contributed by atoms with Gasteiger partial charge in [0.1, 0.15) is 6.33 Å². The van der Waals surface area contributed by atoms with Gasteiger partial charge in [-0.1, -0.05) is 13.0 Å². The second kappa shape index (κ2) is 6.35. The first-order chi connectivity index (χ1) is 7.26. The first-order valence-electron chi connectivity index (χ1n) is 5.45. The van der Waals surface area contributed by atoms with Crippen molar-refractivity contribution in [2.24, 2.45) is 7.05 Å². The molecule has 1 N–H and O–H groups in total. The molecule has 1 aromatic rings. The fourth-order valence-corrected chi connectivity index (χ4v) is 1.47. The number of nitrogens with zero attached hydrogens (tertiary/aromatic N) is 3. The molecule has 0 radical (unpaired) electrons. The van der Waals surface area contributed by atoms with Crippen LogP contribution in [0.15, 0.2) is 19.0 Å². The molecule has 1 atom stereocenters. The van der Waals surface area contributed by atoms with Gasteiger partial charge in [0.05, 0.1) is 6.54 Å². The van der Waals surface area contributed by atoms with Crippen molar-refractivity contribution in [1.82, 2.24) is 20.1 Å². The zero-order valence-electron chi connectivity index (χ0n) is 9.61. The van der Waals surface area contributed by atoms with Crippen LogP contribution in [0, 0.1) is 0 Å².